The maximum Gasteiger partial charge on any atom is 0.263 e. The Hall–Kier alpha value is -1.22. The molecule has 15 heavy (non-hydrogen) atoms. The third-order valence-electron chi connectivity index (χ3n) is 2.60. The Bertz CT molecular complexity index is 354. The second kappa shape index (κ2) is 4.53. The van der Waals surface area contributed by atoms with Gasteiger partial charge < -0.3 is 5.32 Å². The van der Waals surface area contributed by atoms with Gasteiger partial charge in [0.25, 0.3) is 6.43 Å². The van der Waals surface area contributed by atoms with Crippen LogP contribution in [0.4, 0.5) is 8.78 Å². The van der Waals surface area contributed by atoms with Gasteiger partial charge in [-0.25, -0.2) is 8.78 Å². The molecule has 1 aliphatic rings. The minimum Gasteiger partial charge on any atom is -0.313 e. The van der Waals surface area contributed by atoms with Crippen LogP contribution >= 0.6 is 0 Å². The molecule has 0 saturated carbocycles. The van der Waals surface area contributed by atoms with Gasteiger partial charge in [0.05, 0.1) is 0 Å². The molecule has 3 heteroatoms. The smallest absolute Gasteiger partial charge is 0.263 e. The van der Waals surface area contributed by atoms with Crippen molar-refractivity contribution in [3.8, 4) is 0 Å². The molecule has 0 unspecified atom stereocenters. The Kier molecular flexibility index (Phi) is 3.11. The maximum absolute atomic E-state index is 12.3. The molecule has 2 rings (SSSR count). The van der Waals surface area contributed by atoms with E-state index in [0.717, 1.165) is 25.1 Å². The highest BCUT2D eigenvalue weighted by Crippen LogP contribution is 2.23. The standard InChI is InChI=1S/C12H13F2N/c13-12(14)11-3-1-9(2-4-11)10-5-7-15-8-6-10/h1-5,12,15H,6-8H2. The number of hydrogen-bond acceptors (Lipinski definition) is 1. The van der Waals surface area contributed by atoms with Crippen LogP contribution in [0.5, 0.6) is 0 Å². The first-order valence-corrected chi connectivity index (χ1v) is 5.05. The zero-order chi connectivity index (χ0) is 10.7. The molecule has 1 aromatic carbocycles. The number of nitrogens with one attached hydrogen (secondary N) is 1. The van der Waals surface area contributed by atoms with Crippen LogP contribution in [0, 0.1) is 0 Å². The van der Waals surface area contributed by atoms with Crippen molar-refractivity contribution in [3.05, 3.63) is 41.5 Å². The van der Waals surface area contributed by atoms with Crippen LogP contribution in [0.25, 0.3) is 5.57 Å². The van der Waals surface area contributed by atoms with Crippen LogP contribution in [-0.2, 0) is 0 Å². The normalized spacial score (nSPS) is 16.6. The van der Waals surface area contributed by atoms with Gasteiger partial charge in [0.1, 0.15) is 0 Å². The van der Waals surface area contributed by atoms with Gasteiger partial charge in [-0.05, 0) is 24.1 Å². The molecule has 0 aliphatic carbocycles. The minimum atomic E-state index is -2.37. The van der Waals surface area contributed by atoms with Gasteiger partial charge in [-0.15, -0.1) is 0 Å². The first kappa shape index (κ1) is 10.3. The van der Waals surface area contributed by atoms with E-state index in [-0.39, 0.29) is 5.56 Å². The zero-order valence-electron chi connectivity index (χ0n) is 8.34. The summed E-state index contributed by atoms with van der Waals surface area (Å²) < 4.78 is 24.6. The summed E-state index contributed by atoms with van der Waals surface area (Å²) in [6, 6.07) is 6.56. The molecule has 1 heterocycles. The highest BCUT2D eigenvalue weighted by atomic mass is 19.3. The lowest BCUT2D eigenvalue weighted by molar-refractivity contribution is 0.151. The molecular formula is C12H13F2N. The number of halogens is 2. The third-order valence-corrected chi connectivity index (χ3v) is 2.60. The molecule has 0 fully saturated rings. The van der Waals surface area contributed by atoms with Crippen molar-refractivity contribution in [3.63, 3.8) is 0 Å². The molecule has 0 atom stereocenters. The van der Waals surface area contributed by atoms with E-state index in [2.05, 4.69) is 11.4 Å². The van der Waals surface area contributed by atoms with E-state index >= 15 is 0 Å². The highest BCUT2D eigenvalue weighted by Gasteiger charge is 2.08. The van der Waals surface area contributed by atoms with E-state index < -0.39 is 6.43 Å². The summed E-state index contributed by atoms with van der Waals surface area (Å²) in [6.45, 7) is 1.83. The average Bonchev–Trinajstić information content (AvgIpc) is 2.30. The van der Waals surface area contributed by atoms with Gasteiger partial charge >= 0.3 is 0 Å². The zero-order valence-corrected chi connectivity index (χ0v) is 8.34. The number of benzene rings is 1. The van der Waals surface area contributed by atoms with Crippen LogP contribution in [-0.4, -0.2) is 13.1 Å². The van der Waals surface area contributed by atoms with E-state index in [0.29, 0.717) is 0 Å². The molecular weight excluding hydrogens is 196 g/mol. The van der Waals surface area contributed by atoms with Crippen molar-refractivity contribution in [2.24, 2.45) is 0 Å². The lowest BCUT2D eigenvalue weighted by Gasteiger charge is -2.14. The predicted octanol–water partition coefficient (Wildman–Crippen LogP) is 3.00. The van der Waals surface area contributed by atoms with Crippen LogP contribution in [0.3, 0.4) is 0 Å². The molecule has 80 valence electrons. The van der Waals surface area contributed by atoms with Crippen LogP contribution in [0.1, 0.15) is 24.0 Å². The molecule has 0 radical (unpaired) electrons. The van der Waals surface area contributed by atoms with E-state index in [1.54, 1.807) is 12.1 Å². The van der Waals surface area contributed by atoms with Crippen molar-refractivity contribution in [2.45, 2.75) is 12.8 Å². The lowest BCUT2D eigenvalue weighted by atomic mass is 9.99. The molecule has 1 aliphatic heterocycles. The highest BCUT2D eigenvalue weighted by molar-refractivity contribution is 5.66. The number of alkyl halides is 2. The summed E-state index contributed by atoms with van der Waals surface area (Å²) in [4.78, 5) is 0. The van der Waals surface area contributed by atoms with Crippen molar-refractivity contribution >= 4 is 5.57 Å². The van der Waals surface area contributed by atoms with Gasteiger partial charge in [-0.3, -0.25) is 0 Å². The Morgan fingerprint density at radius 1 is 1.13 bits per heavy atom. The van der Waals surface area contributed by atoms with E-state index in [1.807, 2.05) is 0 Å². The Labute approximate surface area is 87.8 Å². The number of hydrogen-bond donors (Lipinski definition) is 1. The summed E-state index contributed by atoms with van der Waals surface area (Å²) in [7, 11) is 0. The van der Waals surface area contributed by atoms with Crippen molar-refractivity contribution in [1.82, 2.24) is 5.32 Å². The molecule has 0 bridgehead atoms. The molecule has 1 aromatic rings. The monoisotopic (exact) mass is 209 g/mol. The van der Waals surface area contributed by atoms with Crippen molar-refractivity contribution in [1.29, 1.82) is 0 Å². The Morgan fingerprint density at radius 3 is 2.40 bits per heavy atom. The largest absolute Gasteiger partial charge is 0.313 e. The molecule has 0 spiro atoms. The van der Waals surface area contributed by atoms with Gasteiger partial charge in [0.15, 0.2) is 0 Å². The summed E-state index contributed by atoms with van der Waals surface area (Å²) in [5.74, 6) is 0. The quantitative estimate of drug-likeness (QED) is 0.789. The van der Waals surface area contributed by atoms with Gasteiger partial charge in [0.2, 0.25) is 0 Å². The van der Waals surface area contributed by atoms with Crippen molar-refractivity contribution in [2.75, 3.05) is 13.1 Å². The summed E-state index contributed by atoms with van der Waals surface area (Å²) in [6.07, 6.45) is 0.704. The van der Waals surface area contributed by atoms with Crippen molar-refractivity contribution < 1.29 is 8.78 Å². The third kappa shape index (κ3) is 2.42. The van der Waals surface area contributed by atoms with Gasteiger partial charge in [0, 0.05) is 12.1 Å². The molecule has 0 amide bonds. The molecule has 1 N–H and O–H groups in total. The first-order valence-electron chi connectivity index (χ1n) is 5.05. The molecule has 1 nitrogen and oxygen atoms in total. The lowest BCUT2D eigenvalue weighted by Crippen LogP contribution is -2.19. The van der Waals surface area contributed by atoms with Crippen LogP contribution in [0.2, 0.25) is 0 Å². The van der Waals surface area contributed by atoms with Crippen LogP contribution in [0.15, 0.2) is 30.3 Å². The van der Waals surface area contributed by atoms with E-state index in [1.165, 1.54) is 17.7 Å². The fraction of sp³-hybridized carbons (Fsp3) is 0.333. The van der Waals surface area contributed by atoms with E-state index in [9.17, 15) is 8.78 Å². The fourth-order valence-electron chi connectivity index (χ4n) is 1.73. The van der Waals surface area contributed by atoms with E-state index in [4.69, 9.17) is 0 Å². The molecule has 0 aromatic heterocycles. The Balaban J connectivity index is 2.19. The van der Waals surface area contributed by atoms with Gasteiger partial charge in [-0.1, -0.05) is 30.3 Å². The second-order valence-electron chi connectivity index (χ2n) is 3.61. The van der Waals surface area contributed by atoms with Crippen LogP contribution < -0.4 is 5.32 Å². The second-order valence-corrected chi connectivity index (χ2v) is 3.61. The summed E-state index contributed by atoms with van der Waals surface area (Å²) in [5, 5.41) is 3.22. The van der Waals surface area contributed by atoms with Gasteiger partial charge in [-0.2, -0.15) is 0 Å². The summed E-state index contributed by atoms with van der Waals surface area (Å²) in [5.41, 5.74) is 2.39. The molecule has 0 saturated heterocycles. The topological polar surface area (TPSA) is 12.0 Å². The predicted molar refractivity (Wildman–Crippen MR) is 56.9 cm³/mol. The average molecular weight is 209 g/mol. The fourth-order valence-corrected chi connectivity index (χ4v) is 1.73. The Morgan fingerprint density at radius 2 is 1.87 bits per heavy atom. The minimum absolute atomic E-state index is 0.0910. The summed E-state index contributed by atoms with van der Waals surface area (Å²) >= 11 is 0. The SMILES string of the molecule is FC(F)c1ccc(C2=CCNCC2)cc1. The maximum atomic E-state index is 12.3. The first-order chi connectivity index (χ1) is 7.27. The number of rotatable bonds is 2.